The summed E-state index contributed by atoms with van der Waals surface area (Å²) >= 11 is 0. The van der Waals surface area contributed by atoms with Crippen LogP contribution in [0.5, 0.6) is 5.75 Å². The van der Waals surface area contributed by atoms with Gasteiger partial charge in [-0.3, -0.25) is 9.59 Å². The molecule has 1 unspecified atom stereocenters. The van der Waals surface area contributed by atoms with Crippen molar-refractivity contribution in [2.24, 2.45) is 5.73 Å². The van der Waals surface area contributed by atoms with Crippen LogP contribution in [-0.2, 0) is 9.59 Å². The first-order valence-corrected chi connectivity index (χ1v) is 6.81. The molecule has 2 N–H and O–H groups in total. The summed E-state index contributed by atoms with van der Waals surface area (Å²) in [5.41, 5.74) is 7.54. The first-order chi connectivity index (χ1) is 9.49. The summed E-state index contributed by atoms with van der Waals surface area (Å²) in [5.74, 6) is 0.712. The number of ketones is 1. The lowest BCUT2D eigenvalue weighted by atomic mass is 10.1. The molecule has 2 rings (SSSR count). The number of amides is 1. The molecule has 0 spiro atoms. The number of fused-ring (bicyclic) bond motifs is 1. The van der Waals surface area contributed by atoms with Crippen LogP contribution in [0.25, 0.3) is 0 Å². The summed E-state index contributed by atoms with van der Waals surface area (Å²) in [5, 5.41) is 0. The quantitative estimate of drug-likeness (QED) is 0.910. The molecule has 5 nitrogen and oxygen atoms in total. The second kappa shape index (κ2) is 6.05. The summed E-state index contributed by atoms with van der Waals surface area (Å²) < 4.78 is 5.60. The third kappa shape index (κ3) is 3.17. The van der Waals surface area contributed by atoms with Crippen LogP contribution in [0, 0.1) is 0 Å². The molecule has 0 radical (unpaired) electrons. The predicted molar refractivity (Wildman–Crippen MR) is 76.8 cm³/mol. The van der Waals surface area contributed by atoms with Gasteiger partial charge in [0, 0.05) is 19.0 Å². The van der Waals surface area contributed by atoms with Gasteiger partial charge in [0.15, 0.2) is 0 Å². The maximum atomic E-state index is 12.2. The molecule has 108 valence electrons. The second-order valence-corrected chi connectivity index (χ2v) is 5.11. The van der Waals surface area contributed by atoms with Gasteiger partial charge < -0.3 is 15.4 Å². The monoisotopic (exact) mass is 276 g/mol. The molecule has 1 aromatic rings. The Labute approximate surface area is 118 Å². The van der Waals surface area contributed by atoms with Gasteiger partial charge in [-0.2, -0.15) is 0 Å². The van der Waals surface area contributed by atoms with Gasteiger partial charge in [-0.1, -0.05) is 6.07 Å². The number of benzene rings is 1. The van der Waals surface area contributed by atoms with E-state index in [-0.39, 0.29) is 17.7 Å². The first kappa shape index (κ1) is 14.5. The number of anilines is 1. The van der Waals surface area contributed by atoms with Gasteiger partial charge in [-0.25, -0.2) is 0 Å². The SMILES string of the molecule is CC(=O)CCN1C(=O)CCOc2ccc(C(C)N)cc21. The number of carbonyl (C=O) groups is 2. The van der Waals surface area contributed by atoms with E-state index in [1.54, 1.807) is 4.90 Å². The van der Waals surface area contributed by atoms with Crippen molar-refractivity contribution in [3.8, 4) is 5.75 Å². The van der Waals surface area contributed by atoms with Crippen LogP contribution in [0.3, 0.4) is 0 Å². The maximum Gasteiger partial charge on any atom is 0.230 e. The number of Topliss-reactive ketones (excluding diaryl/α,β-unsaturated/α-hetero) is 1. The Balaban J connectivity index is 2.37. The average Bonchev–Trinajstić information content (AvgIpc) is 2.54. The zero-order valence-electron chi connectivity index (χ0n) is 11.9. The molecule has 5 heteroatoms. The lowest BCUT2D eigenvalue weighted by Crippen LogP contribution is -2.32. The molecule has 1 aromatic carbocycles. The topological polar surface area (TPSA) is 72.6 Å². The van der Waals surface area contributed by atoms with Crippen LogP contribution in [-0.4, -0.2) is 24.8 Å². The number of ether oxygens (including phenoxy) is 1. The van der Waals surface area contributed by atoms with Crippen molar-refractivity contribution in [2.45, 2.75) is 32.7 Å². The van der Waals surface area contributed by atoms with Gasteiger partial charge in [0.1, 0.15) is 11.5 Å². The van der Waals surface area contributed by atoms with E-state index in [4.69, 9.17) is 10.5 Å². The van der Waals surface area contributed by atoms with E-state index in [1.165, 1.54) is 6.92 Å². The summed E-state index contributed by atoms with van der Waals surface area (Å²) in [6.45, 7) is 4.16. The number of hydrogen-bond donors (Lipinski definition) is 1. The number of rotatable bonds is 4. The minimum absolute atomic E-state index is 0.0215. The Hall–Kier alpha value is -1.88. The third-order valence-corrected chi connectivity index (χ3v) is 3.36. The van der Waals surface area contributed by atoms with Crippen molar-refractivity contribution in [3.63, 3.8) is 0 Å². The molecule has 0 bridgehead atoms. The molecule has 1 aliphatic heterocycles. The lowest BCUT2D eigenvalue weighted by Gasteiger charge is -2.22. The zero-order chi connectivity index (χ0) is 14.7. The number of nitrogens with zero attached hydrogens (tertiary/aromatic N) is 1. The van der Waals surface area contributed by atoms with Gasteiger partial charge in [0.25, 0.3) is 0 Å². The Morgan fingerprint density at radius 3 is 2.90 bits per heavy atom. The van der Waals surface area contributed by atoms with Crippen LogP contribution in [0.15, 0.2) is 18.2 Å². The van der Waals surface area contributed by atoms with Gasteiger partial charge in [-0.05, 0) is 31.5 Å². The number of carbonyl (C=O) groups excluding carboxylic acids is 2. The molecule has 0 saturated heterocycles. The lowest BCUT2D eigenvalue weighted by molar-refractivity contribution is -0.119. The minimum atomic E-state index is -0.117. The average molecular weight is 276 g/mol. The molecule has 1 aliphatic rings. The molecule has 0 saturated carbocycles. The minimum Gasteiger partial charge on any atom is -0.491 e. The Morgan fingerprint density at radius 2 is 2.25 bits per heavy atom. The van der Waals surface area contributed by atoms with Crippen LogP contribution in [0.2, 0.25) is 0 Å². The molecule has 0 fully saturated rings. The number of nitrogens with two attached hydrogens (primary N) is 1. The molecular formula is C15H20N2O3. The van der Waals surface area contributed by atoms with E-state index in [0.29, 0.717) is 37.4 Å². The largest absolute Gasteiger partial charge is 0.491 e. The smallest absolute Gasteiger partial charge is 0.230 e. The molecule has 0 aromatic heterocycles. The van der Waals surface area contributed by atoms with E-state index in [0.717, 1.165) is 5.56 Å². The summed E-state index contributed by atoms with van der Waals surface area (Å²) in [6.07, 6.45) is 0.660. The van der Waals surface area contributed by atoms with E-state index in [1.807, 2.05) is 25.1 Å². The normalized spacial score (nSPS) is 16.1. The fourth-order valence-electron chi connectivity index (χ4n) is 2.18. The standard InChI is InChI=1S/C15H20N2O3/c1-10(18)5-7-17-13-9-12(11(2)16)3-4-14(13)20-8-6-15(17)19/h3-4,9,11H,5-8,16H2,1-2H3. The fraction of sp³-hybridized carbons (Fsp3) is 0.467. The van der Waals surface area contributed by atoms with Gasteiger partial charge in [0.05, 0.1) is 18.7 Å². The maximum absolute atomic E-state index is 12.2. The molecule has 1 heterocycles. The van der Waals surface area contributed by atoms with E-state index < -0.39 is 0 Å². The summed E-state index contributed by atoms with van der Waals surface area (Å²) in [7, 11) is 0. The van der Waals surface area contributed by atoms with E-state index in [9.17, 15) is 9.59 Å². The van der Waals surface area contributed by atoms with E-state index in [2.05, 4.69) is 0 Å². The highest BCUT2D eigenvalue weighted by molar-refractivity contribution is 5.96. The highest BCUT2D eigenvalue weighted by Gasteiger charge is 2.24. The molecule has 1 amide bonds. The Morgan fingerprint density at radius 1 is 1.50 bits per heavy atom. The highest BCUT2D eigenvalue weighted by Crippen LogP contribution is 2.33. The Bertz CT molecular complexity index is 526. The van der Waals surface area contributed by atoms with Crippen molar-refractivity contribution >= 4 is 17.4 Å². The number of hydrogen-bond acceptors (Lipinski definition) is 4. The molecule has 0 aliphatic carbocycles. The zero-order valence-corrected chi connectivity index (χ0v) is 11.9. The van der Waals surface area contributed by atoms with Crippen molar-refractivity contribution in [1.29, 1.82) is 0 Å². The summed E-state index contributed by atoms with van der Waals surface area (Å²) in [4.78, 5) is 25.0. The van der Waals surface area contributed by atoms with Crippen LogP contribution in [0.1, 0.15) is 38.3 Å². The van der Waals surface area contributed by atoms with Gasteiger partial charge in [0.2, 0.25) is 5.91 Å². The van der Waals surface area contributed by atoms with Crippen molar-refractivity contribution in [1.82, 2.24) is 0 Å². The van der Waals surface area contributed by atoms with Crippen molar-refractivity contribution in [2.75, 3.05) is 18.1 Å². The first-order valence-electron chi connectivity index (χ1n) is 6.81. The second-order valence-electron chi connectivity index (χ2n) is 5.11. The molecule has 20 heavy (non-hydrogen) atoms. The Kier molecular flexibility index (Phi) is 4.39. The van der Waals surface area contributed by atoms with Crippen LogP contribution >= 0.6 is 0 Å². The molecular weight excluding hydrogens is 256 g/mol. The fourth-order valence-corrected chi connectivity index (χ4v) is 2.18. The van der Waals surface area contributed by atoms with Crippen LogP contribution < -0.4 is 15.4 Å². The third-order valence-electron chi connectivity index (χ3n) is 3.36. The van der Waals surface area contributed by atoms with Crippen LogP contribution in [0.4, 0.5) is 5.69 Å². The molecule has 1 atom stereocenters. The highest BCUT2D eigenvalue weighted by atomic mass is 16.5. The van der Waals surface area contributed by atoms with E-state index >= 15 is 0 Å². The predicted octanol–water partition coefficient (Wildman–Crippen LogP) is 1.80. The van der Waals surface area contributed by atoms with Gasteiger partial charge in [-0.15, -0.1) is 0 Å². The van der Waals surface area contributed by atoms with Gasteiger partial charge >= 0.3 is 0 Å². The van der Waals surface area contributed by atoms with Crippen molar-refractivity contribution in [3.05, 3.63) is 23.8 Å². The van der Waals surface area contributed by atoms with Crippen molar-refractivity contribution < 1.29 is 14.3 Å². The summed E-state index contributed by atoms with van der Waals surface area (Å²) in [6, 6.07) is 5.51.